The lowest BCUT2D eigenvalue weighted by Gasteiger charge is -2.26. The second kappa shape index (κ2) is 3.89. The van der Waals surface area contributed by atoms with Crippen molar-refractivity contribution in [3.05, 3.63) is 22.2 Å². The van der Waals surface area contributed by atoms with Crippen molar-refractivity contribution in [1.82, 2.24) is 0 Å². The van der Waals surface area contributed by atoms with Gasteiger partial charge in [-0.2, -0.15) is 0 Å². The molecule has 1 aromatic carbocycles. The Kier molecular flexibility index (Phi) is 2.73. The van der Waals surface area contributed by atoms with Gasteiger partial charge in [0, 0.05) is 6.54 Å². The first-order chi connectivity index (χ1) is 7.13. The molecule has 1 heterocycles. The third-order valence-corrected chi connectivity index (χ3v) is 2.69. The first-order valence-corrected chi connectivity index (χ1v) is 5.04. The van der Waals surface area contributed by atoms with Crippen molar-refractivity contribution >= 4 is 34.8 Å². The highest BCUT2D eigenvalue weighted by molar-refractivity contribution is 6.37. The number of ether oxygens (including phenoxy) is 1. The van der Waals surface area contributed by atoms with Gasteiger partial charge in [-0.3, -0.25) is 4.79 Å². The summed E-state index contributed by atoms with van der Waals surface area (Å²) in [6.07, 6.45) is -0.714. The van der Waals surface area contributed by atoms with Gasteiger partial charge < -0.3 is 15.8 Å². The maximum Gasteiger partial charge on any atom is 0.266 e. The van der Waals surface area contributed by atoms with E-state index in [1.807, 2.05) is 0 Å². The molecule has 4 nitrogen and oxygen atoms in total. The van der Waals surface area contributed by atoms with Crippen LogP contribution in [-0.2, 0) is 4.79 Å². The predicted octanol–water partition coefficient (Wildman–Crippen LogP) is 1.65. The monoisotopic (exact) mass is 246 g/mol. The maximum absolute atomic E-state index is 11.4. The molecule has 15 heavy (non-hydrogen) atoms. The van der Waals surface area contributed by atoms with Gasteiger partial charge in [0.25, 0.3) is 5.91 Å². The van der Waals surface area contributed by atoms with Gasteiger partial charge in [-0.1, -0.05) is 23.2 Å². The lowest BCUT2D eigenvalue weighted by atomic mass is 10.2. The van der Waals surface area contributed by atoms with E-state index in [4.69, 9.17) is 33.7 Å². The summed E-state index contributed by atoms with van der Waals surface area (Å²) in [6.45, 7) is 0.0914. The molecule has 0 aliphatic carbocycles. The number of anilines is 1. The molecule has 1 amide bonds. The van der Waals surface area contributed by atoms with Crippen LogP contribution in [0.2, 0.25) is 10.0 Å². The second-order valence-corrected chi connectivity index (χ2v) is 3.88. The van der Waals surface area contributed by atoms with Crippen LogP contribution in [0.3, 0.4) is 0 Å². The van der Waals surface area contributed by atoms with Crippen LogP contribution in [0.15, 0.2) is 12.1 Å². The molecular formula is C9H8Cl2N2O2. The normalized spacial score (nSPS) is 19.1. The number of hydrogen-bond acceptors (Lipinski definition) is 3. The summed E-state index contributed by atoms with van der Waals surface area (Å²) in [5.74, 6) is 0.0633. The molecule has 0 aromatic heterocycles. The first kappa shape index (κ1) is 10.5. The van der Waals surface area contributed by atoms with Gasteiger partial charge in [0.1, 0.15) is 5.69 Å². The largest absolute Gasteiger partial charge is 0.475 e. The van der Waals surface area contributed by atoms with E-state index in [0.29, 0.717) is 21.5 Å². The minimum absolute atomic E-state index is 0.0914. The van der Waals surface area contributed by atoms with E-state index in [2.05, 4.69) is 5.32 Å². The standard InChI is InChI=1S/C9H8Cl2N2O2/c10-4-1-2-5(11)8-7(4)13-9(14)6(3-12)15-8/h1-2,6H,3,12H2,(H,13,14). The number of carbonyl (C=O) groups excluding carboxylic acids is 1. The van der Waals surface area contributed by atoms with Crippen molar-refractivity contribution in [3.8, 4) is 5.75 Å². The molecule has 1 unspecified atom stereocenters. The van der Waals surface area contributed by atoms with Crippen LogP contribution in [0.4, 0.5) is 5.69 Å². The Hall–Kier alpha value is -0.970. The molecule has 0 spiro atoms. The van der Waals surface area contributed by atoms with Crippen LogP contribution in [0.5, 0.6) is 5.75 Å². The average molecular weight is 247 g/mol. The van der Waals surface area contributed by atoms with Crippen LogP contribution < -0.4 is 15.8 Å². The molecule has 0 saturated carbocycles. The van der Waals surface area contributed by atoms with Crippen molar-refractivity contribution in [2.45, 2.75) is 6.10 Å². The Labute approximate surface area is 96.3 Å². The summed E-state index contributed by atoms with van der Waals surface area (Å²) < 4.78 is 5.35. The number of rotatable bonds is 1. The fourth-order valence-electron chi connectivity index (χ4n) is 1.32. The Balaban J connectivity index is 2.48. The summed E-state index contributed by atoms with van der Waals surface area (Å²) in [4.78, 5) is 11.4. The second-order valence-electron chi connectivity index (χ2n) is 3.06. The minimum Gasteiger partial charge on any atom is -0.475 e. The van der Waals surface area contributed by atoms with Crippen molar-refractivity contribution in [2.24, 2.45) is 5.73 Å². The van der Waals surface area contributed by atoms with Gasteiger partial charge in [0.2, 0.25) is 0 Å². The highest BCUT2D eigenvalue weighted by Gasteiger charge is 2.29. The van der Waals surface area contributed by atoms with E-state index in [1.54, 1.807) is 12.1 Å². The van der Waals surface area contributed by atoms with E-state index in [1.165, 1.54) is 0 Å². The maximum atomic E-state index is 11.4. The Morgan fingerprint density at radius 1 is 1.40 bits per heavy atom. The van der Waals surface area contributed by atoms with Crippen LogP contribution in [-0.4, -0.2) is 18.6 Å². The highest BCUT2D eigenvalue weighted by Crippen LogP contribution is 2.41. The topological polar surface area (TPSA) is 64.3 Å². The van der Waals surface area contributed by atoms with Gasteiger partial charge in [-0.25, -0.2) is 0 Å². The zero-order chi connectivity index (χ0) is 11.0. The molecule has 3 N–H and O–H groups in total. The molecule has 1 atom stereocenters. The van der Waals surface area contributed by atoms with Gasteiger partial charge in [-0.05, 0) is 12.1 Å². The zero-order valence-electron chi connectivity index (χ0n) is 7.59. The minimum atomic E-state index is -0.714. The van der Waals surface area contributed by atoms with Gasteiger partial charge in [0.05, 0.1) is 10.0 Å². The van der Waals surface area contributed by atoms with Crippen molar-refractivity contribution in [1.29, 1.82) is 0 Å². The Morgan fingerprint density at radius 3 is 2.73 bits per heavy atom. The number of nitrogens with two attached hydrogens (primary N) is 1. The van der Waals surface area contributed by atoms with Crippen molar-refractivity contribution in [3.63, 3.8) is 0 Å². The van der Waals surface area contributed by atoms with Crippen LogP contribution in [0.25, 0.3) is 0 Å². The summed E-state index contributed by atoms with van der Waals surface area (Å²) in [5, 5.41) is 3.39. The molecule has 0 radical (unpaired) electrons. The van der Waals surface area contributed by atoms with Gasteiger partial charge in [-0.15, -0.1) is 0 Å². The average Bonchev–Trinajstić information content (AvgIpc) is 2.23. The number of nitrogens with one attached hydrogen (secondary N) is 1. The molecule has 2 rings (SSSR count). The predicted molar refractivity (Wildman–Crippen MR) is 58.6 cm³/mol. The fraction of sp³-hybridized carbons (Fsp3) is 0.222. The Morgan fingerprint density at radius 2 is 2.07 bits per heavy atom. The van der Waals surface area contributed by atoms with Gasteiger partial charge >= 0.3 is 0 Å². The number of benzene rings is 1. The summed E-state index contributed by atoms with van der Waals surface area (Å²) in [5.41, 5.74) is 5.78. The molecule has 1 aromatic rings. The number of amides is 1. The third kappa shape index (κ3) is 1.76. The quantitative estimate of drug-likeness (QED) is 0.793. The third-order valence-electron chi connectivity index (χ3n) is 2.07. The molecule has 0 bridgehead atoms. The Bertz CT molecular complexity index is 423. The number of hydrogen-bond donors (Lipinski definition) is 2. The lowest BCUT2D eigenvalue weighted by molar-refractivity contribution is -0.123. The number of fused-ring (bicyclic) bond motifs is 1. The summed E-state index contributed by atoms with van der Waals surface area (Å²) in [7, 11) is 0. The molecule has 0 saturated heterocycles. The molecule has 80 valence electrons. The smallest absolute Gasteiger partial charge is 0.266 e. The molecule has 1 aliphatic rings. The summed E-state index contributed by atoms with van der Waals surface area (Å²) in [6, 6.07) is 3.20. The van der Waals surface area contributed by atoms with E-state index < -0.39 is 6.10 Å². The molecule has 1 aliphatic heterocycles. The summed E-state index contributed by atoms with van der Waals surface area (Å²) >= 11 is 11.8. The fourth-order valence-corrected chi connectivity index (χ4v) is 1.72. The van der Waals surface area contributed by atoms with E-state index >= 15 is 0 Å². The van der Waals surface area contributed by atoms with E-state index in [9.17, 15) is 4.79 Å². The van der Waals surface area contributed by atoms with Crippen LogP contribution >= 0.6 is 23.2 Å². The SMILES string of the molecule is NCC1Oc2c(Cl)ccc(Cl)c2NC1=O. The van der Waals surface area contributed by atoms with E-state index in [-0.39, 0.29) is 12.5 Å². The van der Waals surface area contributed by atoms with Gasteiger partial charge in [0.15, 0.2) is 11.9 Å². The first-order valence-electron chi connectivity index (χ1n) is 4.29. The van der Waals surface area contributed by atoms with Crippen LogP contribution in [0.1, 0.15) is 0 Å². The molecule has 0 fully saturated rings. The van der Waals surface area contributed by atoms with Crippen LogP contribution in [0, 0.1) is 0 Å². The number of carbonyl (C=O) groups is 1. The molecular weight excluding hydrogens is 239 g/mol. The number of halogens is 2. The lowest BCUT2D eigenvalue weighted by Crippen LogP contribution is -2.42. The van der Waals surface area contributed by atoms with Crippen molar-refractivity contribution < 1.29 is 9.53 Å². The highest BCUT2D eigenvalue weighted by atomic mass is 35.5. The van der Waals surface area contributed by atoms with E-state index in [0.717, 1.165) is 0 Å². The van der Waals surface area contributed by atoms with Crippen molar-refractivity contribution in [2.75, 3.05) is 11.9 Å². The zero-order valence-corrected chi connectivity index (χ0v) is 9.10. The molecule has 6 heteroatoms.